The topological polar surface area (TPSA) is 38.0 Å². The summed E-state index contributed by atoms with van der Waals surface area (Å²) in [6.07, 6.45) is 0. The van der Waals surface area contributed by atoms with Crippen molar-refractivity contribution in [3.63, 3.8) is 0 Å². The number of rotatable bonds is 3. The van der Waals surface area contributed by atoms with E-state index in [-0.39, 0.29) is 5.56 Å². The fourth-order valence-electron chi connectivity index (χ4n) is 1.97. The van der Waals surface area contributed by atoms with Gasteiger partial charge in [0.2, 0.25) is 0 Å². The number of nitrogens with two attached hydrogens (primary N) is 1. The monoisotopic (exact) mass is 326 g/mol. The van der Waals surface area contributed by atoms with Gasteiger partial charge in [0, 0.05) is 10.0 Å². The van der Waals surface area contributed by atoms with Crippen LogP contribution >= 0.6 is 15.9 Å². The van der Waals surface area contributed by atoms with Crippen LogP contribution in [0.15, 0.2) is 40.9 Å². The van der Waals surface area contributed by atoms with Crippen LogP contribution in [0.5, 0.6) is 0 Å². The summed E-state index contributed by atoms with van der Waals surface area (Å²) in [5, 5.41) is 0. The predicted octanol–water partition coefficient (Wildman–Crippen LogP) is 3.59. The minimum atomic E-state index is -0.890. The first kappa shape index (κ1) is 14.1. The molecule has 0 saturated carbocycles. The van der Waals surface area contributed by atoms with Crippen LogP contribution in [0, 0.1) is 18.6 Å². The molecule has 2 aromatic carbocycles. The van der Waals surface area contributed by atoms with Gasteiger partial charge in [0.25, 0.3) is 0 Å². The van der Waals surface area contributed by atoms with Gasteiger partial charge in [-0.05, 0) is 24.6 Å². The highest BCUT2D eigenvalue weighted by atomic mass is 79.9. The van der Waals surface area contributed by atoms with E-state index in [1.54, 1.807) is 0 Å². The van der Waals surface area contributed by atoms with Crippen LogP contribution in [-0.2, 0) is 0 Å². The zero-order chi connectivity index (χ0) is 14.0. The predicted molar refractivity (Wildman–Crippen MR) is 74.4 cm³/mol. The van der Waals surface area contributed by atoms with E-state index in [0.29, 0.717) is 0 Å². The molecule has 2 aromatic rings. The van der Waals surface area contributed by atoms with Gasteiger partial charge >= 0.3 is 0 Å². The lowest BCUT2D eigenvalue weighted by Gasteiger charge is -2.19. The Kier molecular flexibility index (Phi) is 4.29. The molecule has 19 heavy (non-hydrogen) atoms. The summed E-state index contributed by atoms with van der Waals surface area (Å²) in [5.74, 6) is 3.74. The average Bonchev–Trinajstić information content (AvgIpc) is 2.39. The van der Waals surface area contributed by atoms with E-state index in [1.165, 1.54) is 12.1 Å². The molecule has 2 nitrogen and oxygen atoms in total. The second kappa shape index (κ2) is 5.77. The zero-order valence-electron chi connectivity index (χ0n) is 10.3. The highest BCUT2D eigenvalue weighted by Crippen LogP contribution is 2.30. The Hall–Kier alpha value is -1.30. The first-order valence-electron chi connectivity index (χ1n) is 5.70. The SMILES string of the molecule is Cc1ccc(Br)c(C(NN)c2cccc(F)c2F)c1. The van der Waals surface area contributed by atoms with E-state index in [9.17, 15) is 8.78 Å². The molecule has 1 unspecified atom stereocenters. The van der Waals surface area contributed by atoms with Gasteiger partial charge in [-0.1, -0.05) is 45.8 Å². The number of aryl methyl sites for hydroxylation is 1. The van der Waals surface area contributed by atoms with Crippen molar-refractivity contribution in [2.45, 2.75) is 13.0 Å². The van der Waals surface area contributed by atoms with Crippen LogP contribution in [0.4, 0.5) is 8.78 Å². The molecule has 0 saturated heterocycles. The fraction of sp³-hybridized carbons (Fsp3) is 0.143. The normalized spacial score (nSPS) is 12.5. The van der Waals surface area contributed by atoms with Crippen LogP contribution < -0.4 is 11.3 Å². The molecule has 0 bridgehead atoms. The van der Waals surface area contributed by atoms with Crippen LogP contribution in [0.25, 0.3) is 0 Å². The maximum absolute atomic E-state index is 13.9. The van der Waals surface area contributed by atoms with Gasteiger partial charge in [0.15, 0.2) is 11.6 Å². The first-order valence-corrected chi connectivity index (χ1v) is 6.50. The smallest absolute Gasteiger partial charge is 0.163 e. The third kappa shape index (κ3) is 2.83. The zero-order valence-corrected chi connectivity index (χ0v) is 11.8. The highest BCUT2D eigenvalue weighted by Gasteiger charge is 2.20. The van der Waals surface area contributed by atoms with E-state index in [0.717, 1.165) is 21.7 Å². The van der Waals surface area contributed by atoms with Crippen LogP contribution in [0.3, 0.4) is 0 Å². The van der Waals surface area contributed by atoms with E-state index in [2.05, 4.69) is 21.4 Å². The second-order valence-corrected chi connectivity index (χ2v) is 5.12. The van der Waals surface area contributed by atoms with Gasteiger partial charge in [-0.3, -0.25) is 5.84 Å². The molecule has 0 aliphatic rings. The molecule has 0 aliphatic carbocycles. The summed E-state index contributed by atoms with van der Waals surface area (Å²) in [5.41, 5.74) is 4.47. The minimum Gasteiger partial charge on any atom is -0.271 e. The lowest BCUT2D eigenvalue weighted by molar-refractivity contribution is 0.483. The Bertz CT molecular complexity index is 600. The number of hydrazine groups is 1. The van der Waals surface area contributed by atoms with Gasteiger partial charge in [0.05, 0.1) is 6.04 Å². The first-order chi connectivity index (χ1) is 9.04. The Balaban J connectivity index is 2.56. The maximum atomic E-state index is 13.9. The molecule has 0 radical (unpaired) electrons. The molecule has 1 atom stereocenters. The maximum Gasteiger partial charge on any atom is 0.163 e. The molecule has 100 valence electrons. The minimum absolute atomic E-state index is 0.175. The van der Waals surface area contributed by atoms with Gasteiger partial charge in [-0.25, -0.2) is 14.2 Å². The number of hydrogen-bond donors (Lipinski definition) is 2. The summed E-state index contributed by atoms with van der Waals surface area (Å²) in [6.45, 7) is 1.92. The Morgan fingerprint density at radius 3 is 2.58 bits per heavy atom. The van der Waals surface area contributed by atoms with Gasteiger partial charge in [-0.2, -0.15) is 0 Å². The summed E-state index contributed by atoms with van der Waals surface area (Å²) in [6, 6.07) is 9.08. The summed E-state index contributed by atoms with van der Waals surface area (Å²) in [4.78, 5) is 0. The van der Waals surface area contributed by atoms with Crippen molar-refractivity contribution in [2.75, 3.05) is 0 Å². The van der Waals surface area contributed by atoms with Crippen molar-refractivity contribution < 1.29 is 8.78 Å². The van der Waals surface area contributed by atoms with Crippen molar-refractivity contribution in [1.82, 2.24) is 5.43 Å². The number of halogens is 3. The van der Waals surface area contributed by atoms with Crippen molar-refractivity contribution >= 4 is 15.9 Å². The summed E-state index contributed by atoms with van der Waals surface area (Å²) in [7, 11) is 0. The quantitative estimate of drug-likeness (QED) is 0.668. The van der Waals surface area contributed by atoms with Gasteiger partial charge in [-0.15, -0.1) is 0 Å². The Morgan fingerprint density at radius 2 is 1.89 bits per heavy atom. The lowest BCUT2D eigenvalue weighted by Crippen LogP contribution is -2.30. The van der Waals surface area contributed by atoms with E-state index in [4.69, 9.17) is 5.84 Å². The standard InChI is InChI=1S/C14H13BrF2N2/c1-8-5-6-11(15)10(7-8)14(19-18)9-3-2-4-12(16)13(9)17/h2-7,14,19H,18H2,1H3. The number of benzene rings is 2. The van der Waals surface area contributed by atoms with Crippen molar-refractivity contribution in [2.24, 2.45) is 5.84 Å². The molecular weight excluding hydrogens is 314 g/mol. The average molecular weight is 327 g/mol. The van der Waals surface area contributed by atoms with Gasteiger partial charge in [0.1, 0.15) is 0 Å². The highest BCUT2D eigenvalue weighted by molar-refractivity contribution is 9.10. The molecule has 2 rings (SSSR count). The van der Waals surface area contributed by atoms with Crippen LogP contribution in [0.2, 0.25) is 0 Å². The van der Waals surface area contributed by atoms with Crippen LogP contribution in [-0.4, -0.2) is 0 Å². The Labute approximate surface area is 118 Å². The molecule has 3 N–H and O–H groups in total. The van der Waals surface area contributed by atoms with E-state index in [1.807, 2.05) is 25.1 Å². The molecule has 0 heterocycles. The Morgan fingerprint density at radius 1 is 1.16 bits per heavy atom. The molecule has 5 heteroatoms. The third-order valence-corrected chi connectivity index (χ3v) is 3.64. The molecule has 0 fully saturated rings. The molecule has 0 aromatic heterocycles. The van der Waals surface area contributed by atoms with Gasteiger partial charge < -0.3 is 0 Å². The number of hydrogen-bond acceptors (Lipinski definition) is 2. The molecule has 0 aliphatic heterocycles. The van der Waals surface area contributed by atoms with Crippen molar-refractivity contribution in [3.8, 4) is 0 Å². The van der Waals surface area contributed by atoms with E-state index >= 15 is 0 Å². The molecular formula is C14H13BrF2N2. The van der Waals surface area contributed by atoms with E-state index < -0.39 is 17.7 Å². The second-order valence-electron chi connectivity index (χ2n) is 4.27. The fourth-order valence-corrected chi connectivity index (χ4v) is 2.45. The third-order valence-electron chi connectivity index (χ3n) is 2.92. The summed E-state index contributed by atoms with van der Waals surface area (Å²) >= 11 is 3.40. The van der Waals surface area contributed by atoms with Crippen molar-refractivity contribution in [1.29, 1.82) is 0 Å². The molecule has 0 amide bonds. The summed E-state index contributed by atoms with van der Waals surface area (Å²) < 4.78 is 28.0. The van der Waals surface area contributed by atoms with Crippen LogP contribution in [0.1, 0.15) is 22.7 Å². The van der Waals surface area contributed by atoms with Crippen molar-refractivity contribution in [3.05, 3.63) is 69.2 Å². The lowest BCUT2D eigenvalue weighted by atomic mass is 9.97. The molecule has 0 spiro atoms. The number of nitrogens with one attached hydrogen (secondary N) is 1. The largest absolute Gasteiger partial charge is 0.271 e.